The molecule has 0 spiro atoms. The standard InChI is InChI=1S/C8H4BrCl2NO/c9-4-1-3-2-5(13)12-8(3)7(11)6(4)10/h1H,2H2,(H,12,13). The molecule has 0 unspecified atom stereocenters. The molecule has 1 amide bonds. The lowest BCUT2D eigenvalue weighted by molar-refractivity contribution is -0.115. The van der Waals surface area contributed by atoms with E-state index in [4.69, 9.17) is 23.2 Å². The number of carbonyl (C=O) groups is 1. The Morgan fingerprint density at radius 3 is 2.77 bits per heavy atom. The summed E-state index contributed by atoms with van der Waals surface area (Å²) in [6.45, 7) is 0. The molecule has 1 heterocycles. The van der Waals surface area contributed by atoms with Gasteiger partial charge in [-0.15, -0.1) is 0 Å². The van der Waals surface area contributed by atoms with Crippen LogP contribution in [0, 0.1) is 0 Å². The van der Waals surface area contributed by atoms with Crippen molar-refractivity contribution in [3.63, 3.8) is 0 Å². The molecule has 5 heteroatoms. The zero-order valence-electron chi connectivity index (χ0n) is 6.33. The van der Waals surface area contributed by atoms with E-state index in [1.807, 2.05) is 0 Å². The van der Waals surface area contributed by atoms with Gasteiger partial charge in [-0.25, -0.2) is 0 Å². The first-order valence-electron chi connectivity index (χ1n) is 3.56. The smallest absolute Gasteiger partial charge is 0.228 e. The van der Waals surface area contributed by atoms with E-state index in [9.17, 15) is 4.79 Å². The highest BCUT2D eigenvalue weighted by Gasteiger charge is 2.23. The van der Waals surface area contributed by atoms with Crippen LogP contribution in [0.5, 0.6) is 0 Å². The molecule has 13 heavy (non-hydrogen) atoms. The Labute approximate surface area is 93.3 Å². The van der Waals surface area contributed by atoms with Crippen LogP contribution < -0.4 is 5.32 Å². The minimum Gasteiger partial charge on any atom is -0.324 e. The van der Waals surface area contributed by atoms with Gasteiger partial charge in [0.2, 0.25) is 5.91 Å². The lowest BCUT2D eigenvalue weighted by atomic mass is 10.2. The van der Waals surface area contributed by atoms with Crippen molar-refractivity contribution in [2.75, 3.05) is 5.32 Å². The van der Waals surface area contributed by atoms with Crippen molar-refractivity contribution in [3.8, 4) is 0 Å². The molecule has 2 rings (SSSR count). The Morgan fingerprint density at radius 2 is 2.08 bits per heavy atom. The zero-order chi connectivity index (χ0) is 9.59. The quantitative estimate of drug-likeness (QED) is 0.726. The second-order valence-corrected chi connectivity index (χ2v) is 4.36. The summed E-state index contributed by atoms with van der Waals surface area (Å²) in [7, 11) is 0. The molecule has 1 aliphatic rings. The summed E-state index contributed by atoms with van der Waals surface area (Å²) in [4.78, 5) is 11.0. The molecule has 0 fully saturated rings. The number of hydrogen-bond donors (Lipinski definition) is 1. The second-order valence-electron chi connectivity index (χ2n) is 2.75. The van der Waals surface area contributed by atoms with Crippen LogP contribution in [0.4, 0.5) is 5.69 Å². The molecule has 0 bridgehead atoms. The maximum atomic E-state index is 11.0. The van der Waals surface area contributed by atoms with Gasteiger partial charge in [0.05, 0.1) is 22.2 Å². The summed E-state index contributed by atoms with van der Waals surface area (Å²) >= 11 is 15.1. The van der Waals surface area contributed by atoms with Crippen LogP contribution in [0.1, 0.15) is 5.56 Å². The minimum atomic E-state index is -0.0499. The molecule has 0 radical (unpaired) electrons. The highest BCUT2D eigenvalue weighted by Crippen LogP contribution is 2.41. The summed E-state index contributed by atoms with van der Waals surface area (Å²) in [5, 5.41) is 3.49. The largest absolute Gasteiger partial charge is 0.324 e. The highest BCUT2D eigenvalue weighted by atomic mass is 79.9. The first-order valence-corrected chi connectivity index (χ1v) is 5.10. The molecule has 0 atom stereocenters. The van der Waals surface area contributed by atoms with E-state index in [1.165, 1.54) is 0 Å². The summed E-state index contributed by atoms with van der Waals surface area (Å²) in [6, 6.07) is 1.81. The number of nitrogens with one attached hydrogen (secondary N) is 1. The van der Waals surface area contributed by atoms with Crippen LogP contribution in [0.3, 0.4) is 0 Å². The van der Waals surface area contributed by atoms with Gasteiger partial charge in [-0.1, -0.05) is 23.2 Å². The Hall–Kier alpha value is -0.250. The molecule has 68 valence electrons. The van der Waals surface area contributed by atoms with E-state index in [0.717, 1.165) is 10.0 Å². The number of fused-ring (bicyclic) bond motifs is 1. The Kier molecular flexibility index (Phi) is 2.26. The normalized spacial score (nSPS) is 14.2. The van der Waals surface area contributed by atoms with E-state index >= 15 is 0 Å². The van der Waals surface area contributed by atoms with Crippen molar-refractivity contribution < 1.29 is 4.79 Å². The van der Waals surface area contributed by atoms with Gasteiger partial charge in [0.15, 0.2) is 0 Å². The fourth-order valence-corrected chi connectivity index (χ4v) is 2.28. The molecular weight excluding hydrogens is 277 g/mol. The molecule has 1 aromatic carbocycles. The second kappa shape index (κ2) is 3.15. The zero-order valence-corrected chi connectivity index (χ0v) is 9.42. The third-order valence-corrected chi connectivity index (χ3v) is 3.58. The van der Waals surface area contributed by atoms with Crippen molar-refractivity contribution in [2.24, 2.45) is 0 Å². The summed E-state index contributed by atoms with van der Waals surface area (Å²) in [5.74, 6) is -0.0499. The molecule has 0 aliphatic carbocycles. The van der Waals surface area contributed by atoms with Crippen LogP contribution in [0.15, 0.2) is 10.5 Å². The monoisotopic (exact) mass is 279 g/mol. The van der Waals surface area contributed by atoms with Gasteiger partial charge in [-0.2, -0.15) is 0 Å². The number of hydrogen-bond acceptors (Lipinski definition) is 1. The lowest BCUT2D eigenvalue weighted by Gasteiger charge is -2.05. The lowest BCUT2D eigenvalue weighted by Crippen LogP contribution is -2.03. The van der Waals surface area contributed by atoms with E-state index < -0.39 is 0 Å². The van der Waals surface area contributed by atoms with Gasteiger partial charge >= 0.3 is 0 Å². The molecule has 1 aliphatic heterocycles. The van der Waals surface area contributed by atoms with E-state index in [1.54, 1.807) is 6.07 Å². The van der Waals surface area contributed by atoms with Gasteiger partial charge in [-0.05, 0) is 27.6 Å². The Bertz CT molecular complexity index is 406. The van der Waals surface area contributed by atoms with Gasteiger partial charge in [0.1, 0.15) is 0 Å². The number of carbonyl (C=O) groups excluding carboxylic acids is 1. The molecule has 0 saturated carbocycles. The third kappa shape index (κ3) is 1.45. The maximum absolute atomic E-state index is 11.0. The van der Waals surface area contributed by atoms with Crippen molar-refractivity contribution >= 4 is 50.7 Å². The van der Waals surface area contributed by atoms with Gasteiger partial charge < -0.3 is 5.32 Å². The van der Waals surface area contributed by atoms with E-state index in [2.05, 4.69) is 21.2 Å². The van der Waals surface area contributed by atoms with Crippen LogP contribution >= 0.6 is 39.1 Å². The van der Waals surface area contributed by atoms with Crippen LogP contribution in [-0.2, 0) is 11.2 Å². The van der Waals surface area contributed by atoms with Crippen LogP contribution in [0.2, 0.25) is 10.0 Å². The predicted molar refractivity (Wildman–Crippen MR) is 56.5 cm³/mol. The number of benzene rings is 1. The first kappa shape index (κ1) is 9.31. The Morgan fingerprint density at radius 1 is 1.38 bits per heavy atom. The van der Waals surface area contributed by atoms with Crippen molar-refractivity contribution in [2.45, 2.75) is 6.42 Å². The molecule has 0 saturated heterocycles. The predicted octanol–water partition coefficient (Wildman–Crippen LogP) is 3.25. The average Bonchev–Trinajstić information content (AvgIpc) is 2.42. The summed E-state index contributed by atoms with van der Waals surface area (Å²) in [5.41, 5.74) is 1.52. The van der Waals surface area contributed by atoms with E-state index in [0.29, 0.717) is 22.2 Å². The first-order chi connectivity index (χ1) is 6.09. The fourth-order valence-electron chi connectivity index (χ4n) is 1.28. The SMILES string of the molecule is O=C1Cc2cc(Br)c(Cl)c(Cl)c2N1. The average molecular weight is 281 g/mol. The molecule has 2 nitrogen and oxygen atoms in total. The molecule has 0 aromatic heterocycles. The molecular formula is C8H4BrCl2NO. The van der Waals surface area contributed by atoms with Crippen LogP contribution in [-0.4, -0.2) is 5.91 Å². The number of halogens is 3. The van der Waals surface area contributed by atoms with Gasteiger partial charge in [0, 0.05) is 4.47 Å². The molecule has 1 N–H and O–H groups in total. The van der Waals surface area contributed by atoms with Crippen molar-refractivity contribution in [3.05, 3.63) is 26.1 Å². The minimum absolute atomic E-state index is 0.0499. The van der Waals surface area contributed by atoms with Crippen molar-refractivity contribution in [1.29, 1.82) is 0 Å². The number of amides is 1. The Balaban J connectivity index is 2.66. The summed E-state index contributed by atoms with van der Waals surface area (Å²) < 4.78 is 0.717. The van der Waals surface area contributed by atoms with Gasteiger partial charge in [0.25, 0.3) is 0 Å². The van der Waals surface area contributed by atoms with Crippen LogP contribution in [0.25, 0.3) is 0 Å². The molecule has 1 aromatic rings. The topological polar surface area (TPSA) is 29.1 Å². The summed E-state index contributed by atoms with van der Waals surface area (Å²) in [6.07, 6.45) is 0.366. The highest BCUT2D eigenvalue weighted by molar-refractivity contribution is 9.10. The number of rotatable bonds is 0. The fraction of sp³-hybridized carbons (Fsp3) is 0.125. The van der Waals surface area contributed by atoms with Crippen molar-refractivity contribution in [1.82, 2.24) is 0 Å². The maximum Gasteiger partial charge on any atom is 0.228 e. The third-order valence-electron chi connectivity index (χ3n) is 1.86. The number of anilines is 1. The van der Waals surface area contributed by atoms with E-state index in [-0.39, 0.29) is 5.91 Å². The van der Waals surface area contributed by atoms with Gasteiger partial charge in [-0.3, -0.25) is 4.79 Å².